The minimum atomic E-state index is -0.576. The third kappa shape index (κ3) is 6.45. The molecule has 1 aromatic carbocycles. The van der Waals surface area contributed by atoms with E-state index >= 15 is 0 Å². The summed E-state index contributed by atoms with van der Waals surface area (Å²) in [6.07, 6.45) is 13.6. The molecule has 0 bridgehead atoms. The van der Waals surface area contributed by atoms with Crippen molar-refractivity contribution >= 4 is 0 Å². The van der Waals surface area contributed by atoms with Gasteiger partial charge in [0.05, 0.1) is 12.8 Å². The van der Waals surface area contributed by atoms with E-state index in [4.69, 9.17) is 5.11 Å². The van der Waals surface area contributed by atoms with Crippen molar-refractivity contribution in [3.05, 3.63) is 54.1 Å². The highest BCUT2D eigenvalue weighted by molar-refractivity contribution is 5.21. The maximum absolute atomic E-state index is 12.1. The molecule has 3 N–H and O–H groups in total. The SMILES string of the molecule is C#C.OCC(CN1C[C@H]2CCC[C@H]2C1)c1ccc(O)cn1.Oc1ccccc1F. The average molecular weight is 400 g/mol. The first-order valence-corrected chi connectivity index (χ1v) is 9.81. The van der Waals surface area contributed by atoms with Crippen LogP contribution in [0.1, 0.15) is 30.9 Å². The molecule has 1 saturated carbocycles. The quantitative estimate of drug-likeness (QED) is 0.686. The molecule has 3 atom stereocenters. The predicted molar refractivity (Wildman–Crippen MR) is 111 cm³/mol. The van der Waals surface area contributed by atoms with Gasteiger partial charge < -0.3 is 20.2 Å². The van der Waals surface area contributed by atoms with Gasteiger partial charge in [0.25, 0.3) is 0 Å². The molecule has 0 spiro atoms. The molecular formula is C23H29FN2O3. The summed E-state index contributed by atoms with van der Waals surface area (Å²) < 4.78 is 12.1. The minimum absolute atomic E-state index is 0.0550. The van der Waals surface area contributed by atoms with Crippen LogP contribution in [0.4, 0.5) is 4.39 Å². The molecule has 5 nitrogen and oxygen atoms in total. The van der Waals surface area contributed by atoms with Crippen LogP contribution in [0.2, 0.25) is 0 Å². The Labute approximate surface area is 171 Å². The summed E-state index contributed by atoms with van der Waals surface area (Å²) >= 11 is 0. The number of aliphatic hydroxyl groups is 1. The van der Waals surface area contributed by atoms with E-state index in [2.05, 4.69) is 22.7 Å². The Morgan fingerprint density at radius 3 is 2.21 bits per heavy atom. The number of rotatable bonds is 4. The number of terminal acetylenes is 1. The van der Waals surface area contributed by atoms with Gasteiger partial charge in [-0.15, -0.1) is 12.8 Å². The van der Waals surface area contributed by atoms with Crippen LogP contribution < -0.4 is 0 Å². The van der Waals surface area contributed by atoms with Crippen LogP contribution in [0.3, 0.4) is 0 Å². The van der Waals surface area contributed by atoms with Crippen LogP contribution >= 0.6 is 0 Å². The zero-order valence-electron chi connectivity index (χ0n) is 16.5. The fourth-order valence-corrected chi connectivity index (χ4v) is 4.13. The lowest BCUT2D eigenvalue weighted by atomic mass is 10.0. The Bertz CT molecular complexity index is 733. The van der Waals surface area contributed by atoms with Gasteiger partial charge in [-0.25, -0.2) is 4.39 Å². The van der Waals surface area contributed by atoms with Crippen molar-refractivity contribution in [1.29, 1.82) is 0 Å². The van der Waals surface area contributed by atoms with Crippen molar-refractivity contribution < 1.29 is 19.7 Å². The van der Waals surface area contributed by atoms with Gasteiger partial charge in [0, 0.05) is 31.2 Å². The normalized spacial score (nSPS) is 21.2. The molecule has 156 valence electrons. The molecule has 0 radical (unpaired) electrons. The van der Waals surface area contributed by atoms with Crippen molar-refractivity contribution in [2.45, 2.75) is 25.2 Å². The van der Waals surface area contributed by atoms with Crippen LogP contribution in [-0.2, 0) is 0 Å². The molecule has 1 aromatic heterocycles. The van der Waals surface area contributed by atoms with Crippen molar-refractivity contribution in [1.82, 2.24) is 9.88 Å². The van der Waals surface area contributed by atoms with Crippen molar-refractivity contribution in [2.24, 2.45) is 11.8 Å². The lowest BCUT2D eigenvalue weighted by molar-refractivity contribution is 0.211. The molecule has 2 aliphatic rings. The number of pyridine rings is 1. The van der Waals surface area contributed by atoms with Gasteiger partial charge in [0.15, 0.2) is 11.6 Å². The zero-order valence-corrected chi connectivity index (χ0v) is 16.5. The fourth-order valence-electron chi connectivity index (χ4n) is 4.13. The summed E-state index contributed by atoms with van der Waals surface area (Å²) in [7, 11) is 0. The Morgan fingerprint density at radius 1 is 1.07 bits per heavy atom. The number of aromatic nitrogens is 1. The molecule has 6 heteroatoms. The number of nitrogens with zero attached hydrogens (tertiary/aromatic N) is 2. The maximum atomic E-state index is 12.1. The summed E-state index contributed by atoms with van der Waals surface area (Å²) in [6, 6.07) is 9.05. The Hall–Kier alpha value is -2.62. The summed E-state index contributed by atoms with van der Waals surface area (Å²) in [6.45, 7) is 3.35. The molecule has 2 heterocycles. The number of aromatic hydroxyl groups is 2. The first kappa shape index (κ1) is 22.7. The van der Waals surface area contributed by atoms with Gasteiger partial charge in [-0.05, 0) is 48.9 Å². The number of hydrogen-bond donors (Lipinski definition) is 3. The molecule has 0 amide bonds. The molecule has 1 aliphatic carbocycles. The number of phenolic OH excluding ortho intramolecular Hbond substituents is 1. The molecular weight excluding hydrogens is 371 g/mol. The van der Waals surface area contributed by atoms with E-state index in [0.717, 1.165) is 24.1 Å². The van der Waals surface area contributed by atoms with E-state index in [9.17, 15) is 14.6 Å². The lowest BCUT2D eigenvalue weighted by Gasteiger charge is -2.22. The molecule has 2 fully saturated rings. The topological polar surface area (TPSA) is 76.8 Å². The number of para-hydroxylation sites is 1. The summed E-state index contributed by atoms with van der Waals surface area (Å²) in [5, 5.41) is 27.4. The third-order valence-electron chi connectivity index (χ3n) is 5.54. The van der Waals surface area contributed by atoms with Crippen molar-refractivity contribution in [3.63, 3.8) is 0 Å². The van der Waals surface area contributed by atoms with Gasteiger partial charge in [0.1, 0.15) is 5.75 Å². The second-order valence-corrected chi connectivity index (χ2v) is 7.44. The summed E-state index contributed by atoms with van der Waals surface area (Å²) in [5.41, 5.74) is 0.873. The number of hydrogen-bond acceptors (Lipinski definition) is 5. The number of benzene rings is 1. The Balaban J connectivity index is 0.000000252. The van der Waals surface area contributed by atoms with Crippen LogP contribution in [0.5, 0.6) is 11.5 Å². The molecule has 1 saturated heterocycles. The van der Waals surface area contributed by atoms with E-state index in [0.29, 0.717) is 0 Å². The van der Waals surface area contributed by atoms with Gasteiger partial charge in [-0.1, -0.05) is 18.6 Å². The van der Waals surface area contributed by atoms with Gasteiger partial charge in [-0.2, -0.15) is 0 Å². The van der Waals surface area contributed by atoms with Crippen LogP contribution in [0.25, 0.3) is 0 Å². The third-order valence-corrected chi connectivity index (χ3v) is 5.54. The molecule has 29 heavy (non-hydrogen) atoms. The molecule has 1 aliphatic heterocycles. The lowest BCUT2D eigenvalue weighted by Crippen LogP contribution is -2.29. The number of likely N-dealkylation sites (tertiary alicyclic amines) is 1. The highest BCUT2D eigenvalue weighted by Gasteiger charge is 2.36. The second-order valence-electron chi connectivity index (χ2n) is 7.44. The summed E-state index contributed by atoms with van der Waals surface area (Å²) in [5.74, 6) is 1.12. The van der Waals surface area contributed by atoms with E-state index in [1.54, 1.807) is 12.1 Å². The maximum Gasteiger partial charge on any atom is 0.164 e. The smallest absolute Gasteiger partial charge is 0.164 e. The number of phenols is 1. The Kier molecular flexibility index (Phi) is 8.91. The van der Waals surface area contributed by atoms with Crippen molar-refractivity contribution in [3.8, 4) is 24.3 Å². The molecule has 4 rings (SSSR count). The van der Waals surface area contributed by atoms with Gasteiger partial charge in [-0.3, -0.25) is 4.98 Å². The van der Waals surface area contributed by atoms with E-state index < -0.39 is 5.82 Å². The first-order valence-electron chi connectivity index (χ1n) is 9.81. The molecule has 1 unspecified atom stereocenters. The highest BCUT2D eigenvalue weighted by atomic mass is 19.1. The average Bonchev–Trinajstić information content (AvgIpc) is 3.33. The summed E-state index contributed by atoms with van der Waals surface area (Å²) in [4.78, 5) is 6.70. The number of halogens is 1. The minimum Gasteiger partial charge on any atom is -0.506 e. The number of aliphatic hydroxyl groups excluding tert-OH is 1. The van der Waals surface area contributed by atoms with E-state index in [1.807, 2.05) is 6.07 Å². The first-order chi connectivity index (χ1) is 14.1. The van der Waals surface area contributed by atoms with Gasteiger partial charge in [0.2, 0.25) is 0 Å². The zero-order chi connectivity index (χ0) is 21.2. The predicted octanol–water partition coefficient (Wildman–Crippen LogP) is 3.38. The van der Waals surface area contributed by atoms with Crippen LogP contribution in [-0.4, -0.2) is 51.4 Å². The highest BCUT2D eigenvalue weighted by Crippen LogP contribution is 2.38. The monoisotopic (exact) mass is 400 g/mol. The van der Waals surface area contributed by atoms with Crippen LogP contribution in [0.15, 0.2) is 42.6 Å². The Morgan fingerprint density at radius 2 is 1.72 bits per heavy atom. The largest absolute Gasteiger partial charge is 0.506 e. The fraction of sp³-hybridized carbons (Fsp3) is 0.435. The standard InChI is InChI=1S/C15H22N2O2.C6H5FO.C2H2/c18-10-13(15-5-4-14(19)6-16-15)9-17-7-11-2-1-3-12(11)8-17;7-5-3-1-2-4-6(5)8;1-2/h4-6,11-13,18-19H,1-3,7-10H2;1-4,8H;1-2H/t11-,12+,13?;;. The molecule has 2 aromatic rings. The van der Waals surface area contributed by atoms with Crippen molar-refractivity contribution in [2.75, 3.05) is 26.2 Å². The van der Waals surface area contributed by atoms with Gasteiger partial charge >= 0.3 is 0 Å². The van der Waals surface area contributed by atoms with Crippen LogP contribution in [0, 0.1) is 30.5 Å². The number of fused-ring (bicyclic) bond motifs is 1. The second kappa shape index (κ2) is 11.4. The van der Waals surface area contributed by atoms with E-state index in [1.165, 1.54) is 56.7 Å². The van der Waals surface area contributed by atoms with E-state index in [-0.39, 0.29) is 24.0 Å².